The van der Waals surface area contributed by atoms with Gasteiger partial charge in [-0.15, -0.1) is 0 Å². The van der Waals surface area contributed by atoms with Crippen molar-refractivity contribution >= 4 is 0 Å². The Morgan fingerprint density at radius 1 is 1.41 bits per heavy atom. The molecule has 1 aromatic carbocycles. The van der Waals surface area contributed by atoms with Crippen LogP contribution < -0.4 is 10.1 Å². The van der Waals surface area contributed by atoms with Crippen LogP contribution in [-0.2, 0) is 6.54 Å². The molecule has 3 nitrogen and oxygen atoms in total. The van der Waals surface area contributed by atoms with Gasteiger partial charge >= 0.3 is 6.18 Å². The molecule has 1 N–H and O–H groups in total. The van der Waals surface area contributed by atoms with Crippen LogP contribution in [0, 0.1) is 11.3 Å². The molecule has 6 heteroatoms. The van der Waals surface area contributed by atoms with Crippen LogP contribution in [-0.4, -0.2) is 19.8 Å². The zero-order valence-corrected chi connectivity index (χ0v) is 9.14. The Balaban J connectivity index is 2.64. The number of alkyl halides is 3. The van der Waals surface area contributed by atoms with Gasteiger partial charge in [-0.2, -0.15) is 18.4 Å². The van der Waals surface area contributed by atoms with E-state index in [0.29, 0.717) is 16.9 Å². The van der Waals surface area contributed by atoms with E-state index >= 15 is 0 Å². The molecule has 0 fully saturated rings. The van der Waals surface area contributed by atoms with Crippen molar-refractivity contribution < 1.29 is 17.9 Å². The molecule has 0 aliphatic heterocycles. The summed E-state index contributed by atoms with van der Waals surface area (Å²) in [7, 11) is 1.41. The van der Waals surface area contributed by atoms with E-state index in [2.05, 4.69) is 5.32 Å². The second-order valence-corrected chi connectivity index (χ2v) is 3.37. The Bertz CT molecular complexity index is 424. The summed E-state index contributed by atoms with van der Waals surface area (Å²) in [5.41, 5.74) is 0.983. The number of ether oxygens (including phenoxy) is 1. The number of hydrogen-bond acceptors (Lipinski definition) is 3. The molecule has 1 rings (SSSR count). The fourth-order valence-corrected chi connectivity index (χ4v) is 1.29. The number of rotatable bonds is 4. The zero-order valence-electron chi connectivity index (χ0n) is 9.14. The fourth-order valence-electron chi connectivity index (χ4n) is 1.29. The van der Waals surface area contributed by atoms with Gasteiger partial charge in [0.1, 0.15) is 11.8 Å². The molecule has 0 saturated carbocycles. The van der Waals surface area contributed by atoms with Crippen LogP contribution in [0.1, 0.15) is 11.1 Å². The molecule has 92 valence electrons. The van der Waals surface area contributed by atoms with Gasteiger partial charge in [-0.05, 0) is 17.7 Å². The third kappa shape index (κ3) is 4.33. The van der Waals surface area contributed by atoms with Crippen LogP contribution in [0.25, 0.3) is 0 Å². The monoisotopic (exact) mass is 244 g/mol. The minimum absolute atomic E-state index is 0.0710. The summed E-state index contributed by atoms with van der Waals surface area (Å²) < 4.78 is 40.6. The van der Waals surface area contributed by atoms with Gasteiger partial charge in [-0.1, -0.05) is 6.07 Å². The highest BCUT2D eigenvalue weighted by Crippen LogP contribution is 2.19. The summed E-state index contributed by atoms with van der Waals surface area (Å²) in [5, 5.41) is 11.0. The average Bonchev–Trinajstić information content (AvgIpc) is 2.27. The van der Waals surface area contributed by atoms with Crippen molar-refractivity contribution in [3.05, 3.63) is 29.3 Å². The van der Waals surface area contributed by atoms with Crippen molar-refractivity contribution in [3.8, 4) is 11.8 Å². The van der Waals surface area contributed by atoms with E-state index in [1.807, 2.05) is 6.07 Å². The van der Waals surface area contributed by atoms with E-state index in [1.54, 1.807) is 12.1 Å². The molecule has 0 spiro atoms. The summed E-state index contributed by atoms with van der Waals surface area (Å²) in [6, 6.07) is 6.58. The van der Waals surface area contributed by atoms with E-state index in [1.165, 1.54) is 13.2 Å². The van der Waals surface area contributed by atoms with Gasteiger partial charge in [-0.25, -0.2) is 0 Å². The molecule has 1 aromatic rings. The Labute approximate surface area is 96.8 Å². The molecule has 0 aromatic heterocycles. The second-order valence-electron chi connectivity index (χ2n) is 3.37. The maximum atomic E-state index is 11.9. The van der Waals surface area contributed by atoms with Crippen LogP contribution in [0.4, 0.5) is 13.2 Å². The second kappa shape index (κ2) is 5.55. The number of halogens is 3. The third-order valence-corrected chi connectivity index (χ3v) is 2.04. The lowest BCUT2D eigenvalue weighted by Crippen LogP contribution is -2.28. The molecule has 0 heterocycles. The van der Waals surface area contributed by atoms with Gasteiger partial charge < -0.3 is 10.1 Å². The van der Waals surface area contributed by atoms with Crippen molar-refractivity contribution in [1.82, 2.24) is 5.32 Å². The summed E-state index contributed by atoms with van der Waals surface area (Å²) in [6.07, 6.45) is -4.23. The normalized spacial score (nSPS) is 11.0. The van der Waals surface area contributed by atoms with Gasteiger partial charge in [0.2, 0.25) is 0 Å². The molecule has 0 amide bonds. The van der Waals surface area contributed by atoms with Gasteiger partial charge in [-0.3, -0.25) is 0 Å². The summed E-state index contributed by atoms with van der Waals surface area (Å²) in [5.74, 6) is 0.360. The Morgan fingerprint density at radius 2 is 2.12 bits per heavy atom. The van der Waals surface area contributed by atoms with E-state index in [9.17, 15) is 13.2 Å². The maximum absolute atomic E-state index is 11.9. The first-order valence-corrected chi connectivity index (χ1v) is 4.81. The molecular formula is C11H11F3N2O. The van der Waals surface area contributed by atoms with Crippen LogP contribution in [0.2, 0.25) is 0 Å². The standard InChI is InChI=1S/C11H11F3N2O/c1-17-10-4-8(2-3-9(10)5-15)6-16-7-11(12,13)14/h2-4,16H,6-7H2,1H3. The van der Waals surface area contributed by atoms with Crippen molar-refractivity contribution in [3.63, 3.8) is 0 Å². The first-order chi connectivity index (χ1) is 7.96. The van der Waals surface area contributed by atoms with E-state index in [4.69, 9.17) is 10.00 Å². The Hall–Kier alpha value is -1.74. The first-order valence-electron chi connectivity index (χ1n) is 4.81. The molecule has 0 saturated heterocycles. The minimum Gasteiger partial charge on any atom is -0.495 e. The molecule has 0 unspecified atom stereocenters. The molecular weight excluding hydrogens is 233 g/mol. The minimum atomic E-state index is -4.23. The van der Waals surface area contributed by atoms with E-state index in [-0.39, 0.29) is 6.54 Å². The highest BCUT2D eigenvalue weighted by molar-refractivity contribution is 5.45. The lowest BCUT2D eigenvalue weighted by Gasteiger charge is -2.09. The largest absolute Gasteiger partial charge is 0.495 e. The zero-order chi connectivity index (χ0) is 12.9. The summed E-state index contributed by atoms with van der Waals surface area (Å²) >= 11 is 0. The van der Waals surface area contributed by atoms with E-state index < -0.39 is 12.7 Å². The molecule has 0 atom stereocenters. The highest BCUT2D eigenvalue weighted by Gasteiger charge is 2.26. The van der Waals surface area contributed by atoms with Crippen molar-refractivity contribution in [2.24, 2.45) is 0 Å². The average molecular weight is 244 g/mol. The number of nitrogens with zero attached hydrogens (tertiary/aromatic N) is 1. The van der Waals surface area contributed by atoms with Crippen LogP contribution in [0.3, 0.4) is 0 Å². The Morgan fingerprint density at radius 3 is 2.65 bits per heavy atom. The first kappa shape index (κ1) is 13.3. The number of nitriles is 1. The van der Waals surface area contributed by atoms with Crippen LogP contribution in [0.5, 0.6) is 5.75 Å². The van der Waals surface area contributed by atoms with Gasteiger partial charge in [0.15, 0.2) is 0 Å². The smallest absolute Gasteiger partial charge is 0.401 e. The van der Waals surface area contributed by atoms with Gasteiger partial charge in [0.25, 0.3) is 0 Å². The number of hydrogen-bond donors (Lipinski definition) is 1. The molecule has 0 bridgehead atoms. The van der Waals surface area contributed by atoms with Crippen LogP contribution >= 0.6 is 0 Å². The van der Waals surface area contributed by atoms with Crippen molar-refractivity contribution in [2.75, 3.05) is 13.7 Å². The third-order valence-electron chi connectivity index (χ3n) is 2.04. The maximum Gasteiger partial charge on any atom is 0.401 e. The van der Waals surface area contributed by atoms with Crippen molar-refractivity contribution in [1.29, 1.82) is 5.26 Å². The topological polar surface area (TPSA) is 45.0 Å². The molecule has 0 radical (unpaired) electrons. The lowest BCUT2D eigenvalue weighted by molar-refractivity contribution is -0.125. The number of methoxy groups -OCH3 is 1. The fraction of sp³-hybridized carbons (Fsp3) is 0.364. The van der Waals surface area contributed by atoms with Gasteiger partial charge in [0.05, 0.1) is 19.2 Å². The van der Waals surface area contributed by atoms with Crippen molar-refractivity contribution in [2.45, 2.75) is 12.7 Å². The predicted molar refractivity (Wildman–Crippen MR) is 55.5 cm³/mol. The van der Waals surface area contributed by atoms with Gasteiger partial charge in [0, 0.05) is 6.54 Å². The summed E-state index contributed by atoms with van der Waals surface area (Å²) in [4.78, 5) is 0. The predicted octanol–water partition coefficient (Wildman–Crippen LogP) is 2.22. The molecule has 0 aliphatic rings. The molecule has 0 aliphatic carbocycles. The lowest BCUT2D eigenvalue weighted by atomic mass is 10.1. The number of benzene rings is 1. The quantitative estimate of drug-likeness (QED) is 0.883. The Kier molecular flexibility index (Phi) is 4.35. The molecule has 17 heavy (non-hydrogen) atoms. The number of nitrogens with one attached hydrogen (secondary N) is 1. The summed E-state index contributed by atoms with van der Waals surface area (Å²) in [6.45, 7) is -0.975. The van der Waals surface area contributed by atoms with E-state index in [0.717, 1.165) is 0 Å². The SMILES string of the molecule is COc1cc(CNCC(F)(F)F)ccc1C#N. The van der Waals surface area contributed by atoms with Crippen LogP contribution in [0.15, 0.2) is 18.2 Å². The highest BCUT2D eigenvalue weighted by atomic mass is 19.4.